The molecule has 2 saturated heterocycles. The van der Waals surface area contributed by atoms with Gasteiger partial charge in [0.05, 0.1) is 24.5 Å². The lowest BCUT2D eigenvalue weighted by Crippen LogP contribution is -2.48. The Morgan fingerprint density at radius 3 is 2.69 bits per heavy atom. The van der Waals surface area contributed by atoms with Crippen LogP contribution in [0.5, 0.6) is 0 Å². The van der Waals surface area contributed by atoms with Gasteiger partial charge in [0.2, 0.25) is 5.91 Å². The lowest BCUT2D eigenvalue weighted by molar-refractivity contribution is -0.134. The first-order valence-corrected chi connectivity index (χ1v) is 11.6. The predicted octanol–water partition coefficient (Wildman–Crippen LogP) is 2.34. The van der Waals surface area contributed by atoms with Crippen molar-refractivity contribution < 1.29 is 4.79 Å². The maximum absolute atomic E-state index is 12.3. The van der Waals surface area contributed by atoms with Crippen molar-refractivity contribution in [3.63, 3.8) is 0 Å². The summed E-state index contributed by atoms with van der Waals surface area (Å²) in [4.78, 5) is 22.4. The number of nitrogens with two attached hydrogens (primary N) is 2. The molecule has 0 spiro atoms. The average molecular weight is 473 g/mol. The normalized spacial score (nSPS) is 21.1. The first-order valence-electron chi connectivity index (χ1n) is 11.6. The summed E-state index contributed by atoms with van der Waals surface area (Å²) in [7, 11) is 0. The molecular weight excluding hydrogens is 444 g/mol. The number of hydrogen-bond acceptors (Lipinski definition) is 7. The molecule has 0 radical (unpaired) electrons. The van der Waals surface area contributed by atoms with Crippen molar-refractivity contribution in [2.45, 2.75) is 43.7 Å². The number of amides is 1. The minimum absolute atomic E-state index is 0.0570. The van der Waals surface area contributed by atoms with Crippen molar-refractivity contribution >= 4 is 41.3 Å². The average Bonchev–Trinajstić information content (AvgIpc) is 3.59. The number of nitrogens with one attached hydrogen (secondary N) is 2. The maximum atomic E-state index is 12.3. The van der Waals surface area contributed by atoms with Crippen LogP contribution in [0.3, 0.4) is 0 Å². The van der Waals surface area contributed by atoms with E-state index >= 15 is 0 Å². The van der Waals surface area contributed by atoms with Crippen LogP contribution in [0.15, 0.2) is 41.7 Å². The van der Waals surface area contributed by atoms with Crippen LogP contribution >= 0.6 is 0 Å². The van der Waals surface area contributed by atoms with Gasteiger partial charge in [-0.3, -0.25) is 20.3 Å². The fourth-order valence-electron chi connectivity index (χ4n) is 5.46. The molecule has 0 saturated carbocycles. The summed E-state index contributed by atoms with van der Waals surface area (Å²) in [6.45, 7) is 3.06. The highest BCUT2D eigenvalue weighted by molar-refractivity contribution is 5.87. The summed E-state index contributed by atoms with van der Waals surface area (Å²) in [5.41, 5.74) is 16.7. The Kier molecular flexibility index (Phi) is 6.00. The number of carbonyl (C=O) groups is 1. The lowest BCUT2D eigenvalue weighted by Gasteiger charge is -2.38. The van der Waals surface area contributed by atoms with Crippen molar-refractivity contribution in [2.75, 3.05) is 12.3 Å². The number of hydrogen-bond donors (Lipinski definition) is 4. The molecule has 1 aromatic carbocycles. The molecule has 35 heavy (non-hydrogen) atoms. The topological polar surface area (TPSA) is 167 Å². The molecule has 5 heterocycles. The van der Waals surface area contributed by atoms with Crippen LogP contribution in [-0.4, -0.2) is 67.3 Å². The van der Waals surface area contributed by atoms with Gasteiger partial charge in [0.1, 0.15) is 12.2 Å². The number of H-pyrrole nitrogens is 1. The van der Waals surface area contributed by atoms with Crippen molar-refractivity contribution in [3.05, 3.63) is 42.4 Å². The SMILES string of the molecule is C=NC=N.NCC(=O)N1C2CCC1CC(c1cc(N)n3ncc(-c4ccc5[nH]ncc5c4)c3n1)C2. The zero-order valence-corrected chi connectivity index (χ0v) is 19.3. The molecule has 1 amide bonds. The van der Waals surface area contributed by atoms with Gasteiger partial charge in [-0.1, -0.05) is 6.07 Å². The third-order valence-corrected chi connectivity index (χ3v) is 6.98. The van der Waals surface area contributed by atoms with E-state index < -0.39 is 0 Å². The second kappa shape index (κ2) is 9.26. The predicted molar refractivity (Wildman–Crippen MR) is 136 cm³/mol. The molecular formula is C24H28N10O. The Balaban J connectivity index is 0.000000591. The number of aliphatic imine (C=N–C) groups is 1. The summed E-state index contributed by atoms with van der Waals surface area (Å²) in [6.07, 6.45) is 8.38. The van der Waals surface area contributed by atoms with Gasteiger partial charge >= 0.3 is 0 Å². The van der Waals surface area contributed by atoms with E-state index in [9.17, 15) is 4.79 Å². The van der Waals surface area contributed by atoms with Gasteiger partial charge in [-0.15, -0.1) is 0 Å². The van der Waals surface area contributed by atoms with Gasteiger partial charge < -0.3 is 16.4 Å². The van der Waals surface area contributed by atoms with E-state index in [0.29, 0.717) is 5.82 Å². The number of carbonyl (C=O) groups excluding carboxylic acids is 1. The second-order valence-electron chi connectivity index (χ2n) is 8.94. The first kappa shape index (κ1) is 22.7. The van der Waals surface area contributed by atoms with Crippen molar-refractivity contribution in [2.24, 2.45) is 10.7 Å². The van der Waals surface area contributed by atoms with Gasteiger partial charge in [0.15, 0.2) is 5.65 Å². The van der Waals surface area contributed by atoms with Crippen LogP contribution in [-0.2, 0) is 4.79 Å². The van der Waals surface area contributed by atoms with E-state index in [1.54, 1.807) is 4.52 Å². The van der Waals surface area contributed by atoms with Gasteiger partial charge in [0, 0.05) is 40.7 Å². The summed E-state index contributed by atoms with van der Waals surface area (Å²) in [5.74, 6) is 0.899. The molecule has 2 aliphatic rings. The fraction of sp³-hybridized carbons (Fsp3) is 0.333. The molecule has 0 aliphatic carbocycles. The Labute approximate surface area is 201 Å². The van der Waals surface area contributed by atoms with E-state index in [2.05, 4.69) is 33.1 Å². The number of fused-ring (bicyclic) bond motifs is 4. The molecule has 6 N–H and O–H groups in total. The highest BCUT2D eigenvalue weighted by Crippen LogP contribution is 2.43. The van der Waals surface area contributed by atoms with E-state index in [4.69, 9.17) is 21.9 Å². The third-order valence-electron chi connectivity index (χ3n) is 6.98. The van der Waals surface area contributed by atoms with Crippen LogP contribution in [0.25, 0.3) is 27.7 Å². The fourth-order valence-corrected chi connectivity index (χ4v) is 5.46. The van der Waals surface area contributed by atoms with Gasteiger partial charge in [-0.05, 0) is 50.1 Å². The molecule has 2 bridgehead atoms. The number of nitrogens with zero attached hydrogens (tertiary/aromatic N) is 6. The maximum Gasteiger partial charge on any atom is 0.236 e. The number of anilines is 1. The van der Waals surface area contributed by atoms with E-state index in [1.807, 2.05) is 35.5 Å². The van der Waals surface area contributed by atoms with Crippen LogP contribution in [0.4, 0.5) is 5.82 Å². The van der Waals surface area contributed by atoms with Gasteiger partial charge in [-0.2, -0.15) is 14.7 Å². The zero-order chi connectivity index (χ0) is 24.5. The number of aromatic nitrogens is 5. The molecule has 11 heteroatoms. The first-order chi connectivity index (χ1) is 17.0. The van der Waals surface area contributed by atoms with Crippen molar-refractivity contribution in [1.82, 2.24) is 29.7 Å². The Morgan fingerprint density at radius 1 is 1.26 bits per heavy atom. The number of benzene rings is 1. The number of aromatic amines is 1. The summed E-state index contributed by atoms with van der Waals surface area (Å²) < 4.78 is 1.69. The van der Waals surface area contributed by atoms with Crippen molar-refractivity contribution in [3.8, 4) is 11.1 Å². The molecule has 2 aliphatic heterocycles. The molecule has 180 valence electrons. The van der Waals surface area contributed by atoms with E-state index in [0.717, 1.165) is 65.4 Å². The molecule has 6 rings (SSSR count). The minimum atomic E-state index is 0.0570. The Hall–Kier alpha value is -4.12. The lowest BCUT2D eigenvalue weighted by atomic mass is 9.87. The van der Waals surface area contributed by atoms with E-state index in [1.165, 1.54) is 0 Å². The van der Waals surface area contributed by atoms with Gasteiger partial charge in [0.25, 0.3) is 0 Å². The van der Waals surface area contributed by atoms with Crippen LogP contribution in [0, 0.1) is 5.41 Å². The largest absolute Gasteiger partial charge is 0.384 e. The summed E-state index contributed by atoms with van der Waals surface area (Å²) in [6, 6.07) is 8.56. The monoisotopic (exact) mass is 472 g/mol. The zero-order valence-electron chi connectivity index (χ0n) is 19.3. The Morgan fingerprint density at radius 2 is 2.00 bits per heavy atom. The highest BCUT2D eigenvalue weighted by atomic mass is 16.2. The molecule has 3 aromatic heterocycles. The van der Waals surface area contributed by atoms with Crippen LogP contribution in [0.1, 0.15) is 37.3 Å². The third kappa shape index (κ3) is 4.03. The number of piperidine rings is 1. The van der Waals surface area contributed by atoms with Gasteiger partial charge in [-0.25, -0.2) is 4.98 Å². The summed E-state index contributed by atoms with van der Waals surface area (Å²) >= 11 is 0. The quantitative estimate of drug-likeness (QED) is 0.263. The van der Waals surface area contributed by atoms with Crippen LogP contribution < -0.4 is 11.5 Å². The standard InChI is InChI=1S/C22H24N8O.C2H4N2/c23-9-21(31)29-15-2-3-16(29)7-13(6-15)19-8-20(24)30-22(27-19)17(11-26-30)12-1-4-18-14(5-12)10-25-28-18;1-4-2-3/h1,4-5,8,10-11,13,15-16H,2-3,6-7,9,23-24H2,(H,25,28);2-3H,1H2. The Bertz CT molecular complexity index is 1390. The molecule has 2 atom stereocenters. The van der Waals surface area contributed by atoms with E-state index in [-0.39, 0.29) is 30.5 Å². The smallest absolute Gasteiger partial charge is 0.236 e. The van der Waals surface area contributed by atoms with Crippen LogP contribution in [0.2, 0.25) is 0 Å². The number of rotatable bonds is 4. The minimum Gasteiger partial charge on any atom is -0.384 e. The molecule has 11 nitrogen and oxygen atoms in total. The second-order valence-corrected chi connectivity index (χ2v) is 8.94. The molecule has 4 aromatic rings. The van der Waals surface area contributed by atoms with Crippen molar-refractivity contribution in [1.29, 1.82) is 5.41 Å². The number of nitrogen functional groups attached to an aromatic ring is 1. The highest BCUT2D eigenvalue weighted by Gasteiger charge is 2.43. The molecule has 2 unspecified atom stereocenters. The molecule has 2 fully saturated rings. The summed E-state index contributed by atoms with van der Waals surface area (Å²) in [5, 5.41) is 18.7.